The van der Waals surface area contributed by atoms with Crippen LogP contribution in [0.5, 0.6) is 0 Å². The van der Waals surface area contributed by atoms with E-state index in [1.165, 1.54) is 25.7 Å². The molecule has 1 saturated carbocycles. The molecule has 0 saturated heterocycles. The molecule has 0 radical (unpaired) electrons. The van der Waals surface area contributed by atoms with Crippen molar-refractivity contribution in [3.63, 3.8) is 0 Å². The van der Waals surface area contributed by atoms with Crippen LogP contribution in [0.2, 0.25) is 5.15 Å². The van der Waals surface area contributed by atoms with Crippen molar-refractivity contribution in [1.29, 1.82) is 0 Å². The lowest BCUT2D eigenvalue weighted by molar-refractivity contribution is 0.280. The molecule has 1 N–H and O–H groups in total. The summed E-state index contributed by atoms with van der Waals surface area (Å²) in [5, 5.41) is 14.8. The van der Waals surface area contributed by atoms with Gasteiger partial charge in [0, 0.05) is 18.0 Å². The molecule has 102 valence electrons. The summed E-state index contributed by atoms with van der Waals surface area (Å²) in [4.78, 5) is 0. The molecule has 0 aromatic carbocycles. The van der Waals surface area contributed by atoms with Crippen LogP contribution < -0.4 is 0 Å². The fourth-order valence-corrected chi connectivity index (χ4v) is 2.98. The highest BCUT2D eigenvalue weighted by atomic mass is 35.5. The number of hydrogen-bond donors (Lipinski definition) is 1. The molecule has 1 heterocycles. The molecule has 18 heavy (non-hydrogen) atoms. The Kier molecular flexibility index (Phi) is 4.68. The first-order valence-corrected chi connectivity index (χ1v) is 7.37. The Balaban J connectivity index is 2.20. The maximum absolute atomic E-state index is 9.51. The molecule has 0 unspecified atom stereocenters. The van der Waals surface area contributed by atoms with Crippen molar-refractivity contribution in [2.45, 2.75) is 65.0 Å². The number of hydrogen-bond acceptors (Lipinski definition) is 2. The van der Waals surface area contributed by atoms with Gasteiger partial charge in [0.05, 0.1) is 12.3 Å². The number of aromatic nitrogens is 2. The molecule has 2 rings (SSSR count). The predicted molar refractivity (Wildman–Crippen MR) is 73.8 cm³/mol. The smallest absolute Gasteiger partial charge is 0.132 e. The quantitative estimate of drug-likeness (QED) is 0.885. The van der Waals surface area contributed by atoms with Crippen LogP contribution in [0.3, 0.4) is 0 Å². The first-order valence-electron chi connectivity index (χ1n) is 6.99. The average Bonchev–Trinajstić information content (AvgIpc) is 2.94. The van der Waals surface area contributed by atoms with Gasteiger partial charge in [-0.1, -0.05) is 38.3 Å². The monoisotopic (exact) mass is 270 g/mol. The second kappa shape index (κ2) is 6.07. The molecule has 1 aromatic rings. The molecule has 0 bridgehead atoms. The summed E-state index contributed by atoms with van der Waals surface area (Å²) in [5.41, 5.74) is 1.90. The van der Waals surface area contributed by atoms with Gasteiger partial charge >= 0.3 is 0 Å². The highest BCUT2D eigenvalue weighted by molar-refractivity contribution is 6.30. The summed E-state index contributed by atoms with van der Waals surface area (Å²) in [6.45, 7) is 5.24. The van der Waals surface area contributed by atoms with Crippen LogP contribution in [0.1, 0.15) is 63.1 Å². The summed E-state index contributed by atoms with van der Waals surface area (Å²) in [6, 6.07) is 0. The largest absolute Gasteiger partial charge is 0.391 e. The minimum atomic E-state index is 0.00629. The van der Waals surface area contributed by atoms with E-state index in [2.05, 4.69) is 18.9 Å². The van der Waals surface area contributed by atoms with Crippen molar-refractivity contribution in [2.75, 3.05) is 0 Å². The lowest BCUT2D eigenvalue weighted by Gasteiger charge is -2.07. The van der Waals surface area contributed by atoms with Crippen LogP contribution in [0.15, 0.2) is 0 Å². The summed E-state index contributed by atoms with van der Waals surface area (Å²) in [6.07, 6.45) is 5.98. The molecule has 0 spiro atoms. The second-order valence-corrected chi connectivity index (χ2v) is 6.06. The lowest BCUT2D eigenvalue weighted by atomic mass is 10.0. The molecule has 3 nitrogen and oxygen atoms in total. The van der Waals surface area contributed by atoms with E-state index in [4.69, 9.17) is 11.6 Å². The molecule has 4 heteroatoms. The van der Waals surface area contributed by atoms with Crippen molar-refractivity contribution in [3.05, 3.63) is 16.4 Å². The van der Waals surface area contributed by atoms with Gasteiger partial charge in [-0.2, -0.15) is 5.10 Å². The molecule has 1 aromatic heterocycles. The van der Waals surface area contributed by atoms with Gasteiger partial charge in [-0.3, -0.25) is 4.68 Å². The van der Waals surface area contributed by atoms with Gasteiger partial charge in [0.1, 0.15) is 5.15 Å². The van der Waals surface area contributed by atoms with Crippen molar-refractivity contribution in [2.24, 2.45) is 5.92 Å². The number of aliphatic hydroxyl groups excluding tert-OH is 1. The van der Waals surface area contributed by atoms with Crippen LogP contribution in [-0.2, 0) is 13.2 Å². The van der Waals surface area contributed by atoms with Gasteiger partial charge in [0.2, 0.25) is 0 Å². The van der Waals surface area contributed by atoms with Crippen LogP contribution in [0.4, 0.5) is 0 Å². The van der Waals surface area contributed by atoms with E-state index < -0.39 is 0 Å². The molecular weight excluding hydrogens is 248 g/mol. The molecule has 0 amide bonds. The Morgan fingerprint density at radius 3 is 2.61 bits per heavy atom. The van der Waals surface area contributed by atoms with E-state index >= 15 is 0 Å². The minimum absolute atomic E-state index is 0.00629. The molecule has 1 fully saturated rings. The van der Waals surface area contributed by atoms with E-state index in [9.17, 15) is 5.11 Å². The van der Waals surface area contributed by atoms with E-state index in [-0.39, 0.29) is 6.61 Å². The fraction of sp³-hybridized carbons (Fsp3) is 0.786. The number of rotatable bonds is 5. The maximum atomic E-state index is 9.51. The zero-order chi connectivity index (χ0) is 13.1. The first kappa shape index (κ1) is 13.9. The zero-order valence-corrected chi connectivity index (χ0v) is 12.1. The van der Waals surface area contributed by atoms with Crippen molar-refractivity contribution in [1.82, 2.24) is 9.78 Å². The number of aryl methyl sites for hydroxylation is 1. The topological polar surface area (TPSA) is 38.0 Å². The van der Waals surface area contributed by atoms with Gasteiger partial charge < -0.3 is 5.11 Å². The van der Waals surface area contributed by atoms with E-state index in [0.29, 0.717) is 17.0 Å². The zero-order valence-electron chi connectivity index (χ0n) is 11.3. The predicted octanol–water partition coefficient (Wildman–Crippen LogP) is 3.73. The highest BCUT2D eigenvalue weighted by Crippen LogP contribution is 2.37. The Hall–Kier alpha value is -0.540. The van der Waals surface area contributed by atoms with Crippen LogP contribution >= 0.6 is 11.6 Å². The fourth-order valence-electron chi connectivity index (χ4n) is 2.70. The third kappa shape index (κ3) is 2.89. The minimum Gasteiger partial charge on any atom is -0.391 e. The SMILES string of the molecule is CC(C)CCn1nc(C2CCCC2)c(CO)c1Cl. The van der Waals surface area contributed by atoms with Crippen molar-refractivity contribution in [3.8, 4) is 0 Å². The summed E-state index contributed by atoms with van der Waals surface area (Å²) in [7, 11) is 0. The van der Waals surface area contributed by atoms with Gasteiger partial charge in [-0.15, -0.1) is 0 Å². The average molecular weight is 271 g/mol. The van der Waals surface area contributed by atoms with Crippen molar-refractivity contribution < 1.29 is 5.11 Å². The number of aliphatic hydroxyl groups is 1. The molecular formula is C14H23ClN2O. The van der Waals surface area contributed by atoms with Crippen LogP contribution in [0.25, 0.3) is 0 Å². The highest BCUT2D eigenvalue weighted by Gasteiger charge is 2.25. The maximum Gasteiger partial charge on any atom is 0.132 e. The Morgan fingerprint density at radius 2 is 2.06 bits per heavy atom. The number of halogens is 1. The first-order chi connectivity index (χ1) is 8.63. The molecule has 1 aliphatic rings. The molecule has 1 aliphatic carbocycles. The van der Waals surface area contributed by atoms with E-state index in [1.807, 2.05) is 4.68 Å². The van der Waals surface area contributed by atoms with Gasteiger partial charge in [-0.25, -0.2) is 0 Å². The Bertz CT molecular complexity index is 395. The van der Waals surface area contributed by atoms with Gasteiger partial charge in [0.25, 0.3) is 0 Å². The van der Waals surface area contributed by atoms with E-state index in [1.54, 1.807) is 0 Å². The number of nitrogens with zero attached hydrogens (tertiary/aromatic N) is 2. The summed E-state index contributed by atoms with van der Waals surface area (Å²) < 4.78 is 1.88. The molecule has 0 aliphatic heterocycles. The summed E-state index contributed by atoms with van der Waals surface area (Å²) >= 11 is 6.33. The van der Waals surface area contributed by atoms with Gasteiger partial charge in [-0.05, 0) is 25.2 Å². The standard InChI is InChI=1S/C14H23ClN2O/c1-10(2)7-8-17-14(15)12(9-18)13(16-17)11-5-3-4-6-11/h10-11,18H,3-9H2,1-2H3. The summed E-state index contributed by atoms with van der Waals surface area (Å²) in [5.74, 6) is 1.14. The molecule has 0 atom stereocenters. The van der Waals surface area contributed by atoms with E-state index in [0.717, 1.165) is 24.2 Å². The Labute approximate surface area is 114 Å². The van der Waals surface area contributed by atoms with Crippen molar-refractivity contribution >= 4 is 11.6 Å². The Morgan fingerprint density at radius 1 is 1.39 bits per heavy atom. The third-order valence-corrected chi connectivity index (χ3v) is 4.25. The third-order valence-electron chi connectivity index (χ3n) is 3.83. The van der Waals surface area contributed by atoms with Crippen LogP contribution in [0, 0.1) is 5.92 Å². The lowest BCUT2D eigenvalue weighted by Crippen LogP contribution is -2.04. The second-order valence-electron chi connectivity index (χ2n) is 5.70. The normalized spacial score (nSPS) is 16.9. The van der Waals surface area contributed by atoms with Gasteiger partial charge in [0.15, 0.2) is 0 Å². The van der Waals surface area contributed by atoms with Crippen LogP contribution in [-0.4, -0.2) is 14.9 Å².